The lowest BCUT2D eigenvalue weighted by atomic mass is 9.95. The number of nitrogens with zero attached hydrogens (tertiary/aromatic N) is 3. The number of hydrazine groups is 1. The number of benzene rings is 2. The lowest BCUT2D eigenvalue weighted by Gasteiger charge is -2.34. The molecule has 0 radical (unpaired) electrons. The molecule has 3 saturated heterocycles. The van der Waals surface area contributed by atoms with Crippen molar-refractivity contribution in [3.05, 3.63) is 57.6 Å². The van der Waals surface area contributed by atoms with E-state index in [1.165, 1.54) is 11.3 Å². The molecular weight excluding hydrogens is 519 g/mol. The number of hydrogen-bond donors (Lipinski definition) is 0. The third kappa shape index (κ3) is 5.79. The van der Waals surface area contributed by atoms with Crippen molar-refractivity contribution in [3.8, 4) is 11.1 Å². The molecule has 3 fully saturated rings. The zero-order valence-corrected chi connectivity index (χ0v) is 22.2. The maximum absolute atomic E-state index is 13.4. The van der Waals surface area contributed by atoms with Crippen LogP contribution < -0.4 is 0 Å². The van der Waals surface area contributed by atoms with Crippen molar-refractivity contribution in [2.24, 2.45) is 5.92 Å². The van der Waals surface area contributed by atoms with Crippen LogP contribution in [0, 0.1) is 5.92 Å². The lowest BCUT2D eigenvalue weighted by molar-refractivity contribution is -0.147. The Hall–Kier alpha value is -2.22. The largest absolute Gasteiger partial charge is 0.338 e. The molecule has 3 aliphatic rings. The summed E-state index contributed by atoms with van der Waals surface area (Å²) < 4.78 is 26.8. The highest BCUT2D eigenvalue weighted by Crippen LogP contribution is 2.36. The van der Waals surface area contributed by atoms with Gasteiger partial charge in [-0.1, -0.05) is 41.8 Å². The van der Waals surface area contributed by atoms with E-state index in [2.05, 4.69) is 5.01 Å². The topological polar surface area (TPSA) is 43.9 Å². The molecule has 0 bridgehead atoms. The highest BCUT2D eigenvalue weighted by atomic mass is 35.5. The molecule has 2 aromatic carbocycles. The molecule has 3 aliphatic heterocycles. The smallest absolute Gasteiger partial charge is 0.253 e. The first-order chi connectivity index (χ1) is 17.7. The van der Waals surface area contributed by atoms with Gasteiger partial charge in [-0.2, -0.15) is 0 Å². The quantitative estimate of drug-likeness (QED) is 0.438. The summed E-state index contributed by atoms with van der Waals surface area (Å²) in [6.45, 7) is 2.72. The minimum absolute atomic E-state index is 0.0551. The fraction of sp³-hybridized carbons (Fsp3) is 0.500. The van der Waals surface area contributed by atoms with E-state index in [4.69, 9.17) is 23.2 Å². The highest BCUT2D eigenvalue weighted by molar-refractivity contribution is 6.36. The molecule has 0 aromatic heterocycles. The van der Waals surface area contributed by atoms with Gasteiger partial charge < -0.3 is 4.90 Å². The number of hydrogen-bond acceptors (Lipinski definition) is 3. The van der Waals surface area contributed by atoms with Crippen molar-refractivity contribution in [3.63, 3.8) is 0 Å². The summed E-state index contributed by atoms with van der Waals surface area (Å²) in [6, 6.07) is 10.7. The summed E-state index contributed by atoms with van der Waals surface area (Å²) in [7, 11) is 0. The maximum atomic E-state index is 13.4. The van der Waals surface area contributed by atoms with Gasteiger partial charge in [0.05, 0.1) is 0 Å². The van der Waals surface area contributed by atoms with Crippen LogP contribution >= 0.6 is 23.2 Å². The summed E-state index contributed by atoms with van der Waals surface area (Å²) in [6.07, 6.45) is 4.15. The zero-order chi connectivity index (χ0) is 26.2. The Morgan fingerprint density at radius 2 is 1.51 bits per heavy atom. The van der Waals surface area contributed by atoms with E-state index < -0.39 is 5.92 Å². The number of alkyl halides is 2. The van der Waals surface area contributed by atoms with Crippen molar-refractivity contribution >= 4 is 35.0 Å². The maximum Gasteiger partial charge on any atom is 0.253 e. The Morgan fingerprint density at radius 3 is 2.14 bits per heavy atom. The van der Waals surface area contributed by atoms with Gasteiger partial charge in [0, 0.05) is 67.1 Å². The predicted octanol–water partition coefficient (Wildman–Crippen LogP) is 6.32. The van der Waals surface area contributed by atoms with Crippen LogP contribution in [-0.4, -0.2) is 65.4 Å². The molecule has 2 aromatic rings. The summed E-state index contributed by atoms with van der Waals surface area (Å²) in [5, 5.41) is 5.13. The van der Waals surface area contributed by atoms with Crippen LogP contribution in [0.4, 0.5) is 8.78 Å². The Kier molecular flexibility index (Phi) is 7.75. The predicted molar refractivity (Wildman–Crippen MR) is 141 cm³/mol. The molecule has 0 unspecified atom stereocenters. The van der Waals surface area contributed by atoms with E-state index in [0.29, 0.717) is 22.0 Å². The van der Waals surface area contributed by atoms with E-state index >= 15 is 0 Å². The Morgan fingerprint density at radius 1 is 0.892 bits per heavy atom. The SMILES string of the molecule is O=C(c1ccc(-c2cc(Cl)c(C[C@@H]3CCN(N4CCCCC4)C3=O)c(Cl)c2)cc1)N1CCC(F)(F)CC1. The van der Waals surface area contributed by atoms with Gasteiger partial charge in [0.2, 0.25) is 5.91 Å². The van der Waals surface area contributed by atoms with Crippen LogP contribution in [-0.2, 0) is 11.2 Å². The van der Waals surface area contributed by atoms with Gasteiger partial charge >= 0.3 is 0 Å². The minimum atomic E-state index is -2.69. The number of piperidine rings is 2. The summed E-state index contributed by atoms with van der Waals surface area (Å²) in [5.41, 5.74) is 2.88. The molecule has 0 saturated carbocycles. The number of halogens is 4. The van der Waals surface area contributed by atoms with Crippen molar-refractivity contribution in [2.75, 3.05) is 32.7 Å². The molecule has 37 heavy (non-hydrogen) atoms. The van der Waals surface area contributed by atoms with Gasteiger partial charge in [0.15, 0.2) is 0 Å². The monoisotopic (exact) mass is 549 g/mol. The minimum Gasteiger partial charge on any atom is -0.338 e. The van der Waals surface area contributed by atoms with Gasteiger partial charge in [0.1, 0.15) is 0 Å². The van der Waals surface area contributed by atoms with E-state index in [9.17, 15) is 18.4 Å². The number of amides is 2. The normalized spacial score (nSPS) is 22.5. The molecule has 2 amide bonds. The molecule has 0 spiro atoms. The van der Waals surface area contributed by atoms with Crippen LogP contribution in [0.15, 0.2) is 36.4 Å². The molecule has 3 heterocycles. The third-order valence-corrected chi connectivity index (χ3v) is 8.48. The Bertz CT molecular complexity index is 1140. The Balaban J connectivity index is 1.25. The van der Waals surface area contributed by atoms with Crippen molar-refractivity contribution < 1.29 is 18.4 Å². The first kappa shape index (κ1) is 26.4. The fourth-order valence-electron chi connectivity index (χ4n) is 5.55. The van der Waals surface area contributed by atoms with Gasteiger partial charge in [-0.25, -0.2) is 13.8 Å². The first-order valence-corrected chi connectivity index (χ1v) is 13.8. The van der Waals surface area contributed by atoms with Crippen LogP contribution in [0.5, 0.6) is 0 Å². The standard InChI is InChI=1S/C28H31Cl2F2N3O2/c29-24-17-22(19-4-6-20(7-5-19)26(36)33-14-9-28(31,32)10-15-33)18-25(30)23(24)16-21-8-13-35(27(21)37)34-11-2-1-3-12-34/h4-7,17-18,21H,1-3,8-16H2/t21-/m0/s1. The Labute approximate surface area is 226 Å². The van der Waals surface area contributed by atoms with Gasteiger partial charge in [-0.05, 0) is 66.6 Å². The molecule has 9 heteroatoms. The highest BCUT2D eigenvalue weighted by Gasteiger charge is 2.37. The van der Waals surface area contributed by atoms with Crippen LogP contribution in [0.1, 0.15) is 54.4 Å². The first-order valence-electron chi connectivity index (χ1n) is 13.0. The molecule has 198 valence electrons. The second-order valence-electron chi connectivity index (χ2n) is 10.3. The molecule has 1 atom stereocenters. The van der Waals surface area contributed by atoms with Crippen LogP contribution in [0.25, 0.3) is 11.1 Å². The zero-order valence-electron chi connectivity index (χ0n) is 20.7. The van der Waals surface area contributed by atoms with Gasteiger partial charge in [0.25, 0.3) is 11.8 Å². The molecule has 5 rings (SSSR count). The summed E-state index contributed by atoms with van der Waals surface area (Å²) in [5.74, 6) is -2.92. The molecule has 0 N–H and O–H groups in total. The molecule has 5 nitrogen and oxygen atoms in total. The molecular formula is C28H31Cl2F2N3O2. The van der Waals surface area contributed by atoms with Gasteiger partial charge in [-0.3, -0.25) is 14.6 Å². The number of rotatable bonds is 5. The van der Waals surface area contributed by atoms with E-state index in [1.807, 2.05) is 29.3 Å². The summed E-state index contributed by atoms with van der Waals surface area (Å²) in [4.78, 5) is 27.3. The van der Waals surface area contributed by atoms with E-state index in [0.717, 1.165) is 55.6 Å². The van der Waals surface area contributed by atoms with Crippen molar-refractivity contribution in [1.82, 2.24) is 14.9 Å². The average molecular weight is 550 g/mol. The number of carbonyl (C=O) groups is 2. The van der Waals surface area contributed by atoms with E-state index in [1.54, 1.807) is 12.1 Å². The van der Waals surface area contributed by atoms with Crippen LogP contribution in [0.2, 0.25) is 10.0 Å². The molecule has 0 aliphatic carbocycles. The van der Waals surface area contributed by atoms with E-state index in [-0.39, 0.29) is 43.7 Å². The van der Waals surface area contributed by atoms with Gasteiger partial charge in [-0.15, -0.1) is 0 Å². The van der Waals surface area contributed by atoms with Crippen LogP contribution in [0.3, 0.4) is 0 Å². The lowest BCUT2D eigenvalue weighted by Crippen LogP contribution is -2.47. The number of likely N-dealkylation sites (tertiary alicyclic amines) is 1. The van der Waals surface area contributed by atoms with Crippen molar-refractivity contribution in [1.29, 1.82) is 0 Å². The second-order valence-corrected chi connectivity index (χ2v) is 11.1. The summed E-state index contributed by atoms with van der Waals surface area (Å²) >= 11 is 13.3. The van der Waals surface area contributed by atoms with Crippen molar-refractivity contribution in [2.45, 2.75) is 50.9 Å². The number of carbonyl (C=O) groups excluding carboxylic acids is 2. The third-order valence-electron chi connectivity index (χ3n) is 7.81. The fourth-order valence-corrected chi connectivity index (χ4v) is 6.19. The average Bonchev–Trinajstić information content (AvgIpc) is 3.26. The second kappa shape index (κ2) is 10.9.